The van der Waals surface area contributed by atoms with Gasteiger partial charge in [-0.05, 0) is 61.9 Å². The first kappa shape index (κ1) is 21.2. The van der Waals surface area contributed by atoms with Crippen molar-refractivity contribution in [3.8, 4) is 11.5 Å². The van der Waals surface area contributed by atoms with Gasteiger partial charge in [-0.15, -0.1) is 0 Å². The lowest BCUT2D eigenvalue weighted by atomic mass is 10.0. The molecule has 1 saturated heterocycles. The van der Waals surface area contributed by atoms with E-state index < -0.39 is 6.09 Å². The number of nitrogens with zero attached hydrogens (tertiary/aromatic N) is 4. The highest BCUT2D eigenvalue weighted by molar-refractivity contribution is 5.88. The number of aromatic nitrogens is 3. The molecular weight excluding hydrogens is 418 g/mol. The van der Waals surface area contributed by atoms with E-state index in [0.29, 0.717) is 30.2 Å². The van der Waals surface area contributed by atoms with Gasteiger partial charge in [0.2, 0.25) is 11.9 Å². The van der Waals surface area contributed by atoms with Crippen LogP contribution in [0.5, 0.6) is 11.5 Å². The summed E-state index contributed by atoms with van der Waals surface area (Å²) in [6, 6.07) is 17.9. The number of ether oxygens (including phenoxy) is 2. The summed E-state index contributed by atoms with van der Waals surface area (Å²) < 4.78 is 11.1. The first-order chi connectivity index (χ1) is 16.1. The summed E-state index contributed by atoms with van der Waals surface area (Å²) in [5.41, 5.74) is 1.14. The summed E-state index contributed by atoms with van der Waals surface area (Å²) in [5, 5.41) is 3.50. The maximum absolute atomic E-state index is 12.3. The third kappa shape index (κ3) is 4.74. The minimum atomic E-state index is -0.411. The lowest BCUT2D eigenvalue weighted by Gasteiger charge is -2.22. The van der Waals surface area contributed by atoms with Crippen LogP contribution in [-0.4, -0.2) is 33.7 Å². The van der Waals surface area contributed by atoms with E-state index in [0.717, 1.165) is 36.3 Å². The Balaban J connectivity index is 1.36. The lowest BCUT2D eigenvalue weighted by Crippen LogP contribution is -2.35. The van der Waals surface area contributed by atoms with Crippen molar-refractivity contribution in [2.75, 3.05) is 16.8 Å². The minimum absolute atomic E-state index is 0.0662. The van der Waals surface area contributed by atoms with Crippen LogP contribution in [0.15, 0.2) is 54.6 Å². The number of carbonyl (C=O) groups excluding carboxylic acids is 1. The molecule has 2 fully saturated rings. The van der Waals surface area contributed by atoms with Crippen LogP contribution in [0.4, 0.5) is 16.7 Å². The second-order valence-electron chi connectivity index (χ2n) is 8.46. The number of hydrogen-bond acceptors (Lipinski definition) is 7. The fourth-order valence-electron chi connectivity index (χ4n) is 4.06. The van der Waals surface area contributed by atoms with Gasteiger partial charge < -0.3 is 14.8 Å². The number of anilines is 2. The molecule has 1 N–H and O–H groups in total. The predicted octanol–water partition coefficient (Wildman–Crippen LogP) is 5.27. The molecule has 2 aromatic carbocycles. The fourth-order valence-corrected chi connectivity index (χ4v) is 4.06. The summed E-state index contributed by atoms with van der Waals surface area (Å²) in [6.07, 6.45) is 2.65. The summed E-state index contributed by atoms with van der Waals surface area (Å²) in [4.78, 5) is 27.3. The second kappa shape index (κ2) is 9.05. The first-order valence-electron chi connectivity index (χ1n) is 11.4. The molecule has 1 saturated carbocycles. The van der Waals surface area contributed by atoms with E-state index in [4.69, 9.17) is 9.47 Å². The van der Waals surface area contributed by atoms with Gasteiger partial charge in [-0.25, -0.2) is 9.69 Å². The van der Waals surface area contributed by atoms with Crippen molar-refractivity contribution in [3.05, 3.63) is 66.0 Å². The molecule has 5 rings (SSSR count). The molecule has 33 heavy (non-hydrogen) atoms. The van der Waals surface area contributed by atoms with Crippen molar-refractivity contribution in [3.63, 3.8) is 0 Å². The Labute approximate surface area is 193 Å². The van der Waals surface area contributed by atoms with Gasteiger partial charge in [-0.3, -0.25) is 0 Å². The third-order valence-corrected chi connectivity index (χ3v) is 5.98. The molecule has 0 radical (unpaired) electrons. The Kier molecular flexibility index (Phi) is 5.81. The van der Waals surface area contributed by atoms with E-state index in [-0.39, 0.29) is 12.1 Å². The van der Waals surface area contributed by atoms with Crippen molar-refractivity contribution in [2.24, 2.45) is 5.92 Å². The second-order valence-corrected chi connectivity index (χ2v) is 8.46. The largest absolute Gasteiger partial charge is 0.457 e. The molecular formula is C25H27N5O3. The number of aryl methyl sites for hydroxylation is 1. The normalized spacial score (nSPS) is 18.7. The molecule has 1 aliphatic heterocycles. The van der Waals surface area contributed by atoms with Crippen LogP contribution in [0.2, 0.25) is 0 Å². The Morgan fingerprint density at radius 1 is 1.06 bits per heavy atom. The highest BCUT2D eigenvalue weighted by Crippen LogP contribution is 2.43. The summed E-state index contributed by atoms with van der Waals surface area (Å²) in [6.45, 7) is 4.17. The topological polar surface area (TPSA) is 89.5 Å². The smallest absolute Gasteiger partial charge is 0.417 e. The van der Waals surface area contributed by atoms with E-state index in [1.54, 1.807) is 6.92 Å². The van der Waals surface area contributed by atoms with Crippen molar-refractivity contribution in [1.29, 1.82) is 0 Å². The van der Waals surface area contributed by atoms with Crippen LogP contribution < -0.4 is 15.0 Å². The van der Waals surface area contributed by atoms with Gasteiger partial charge in [0.25, 0.3) is 0 Å². The molecule has 0 spiro atoms. The molecule has 2 heterocycles. The zero-order chi connectivity index (χ0) is 22.8. The van der Waals surface area contributed by atoms with Gasteiger partial charge in [0, 0.05) is 0 Å². The van der Waals surface area contributed by atoms with Gasteiger partial charge in [0.1, 0.15) is 23.9 Å². The zero-order valence-corrected chi connectivity index (χ0v) is 18.8. The number of hydrogen-bond donors (Lipinski definition) is 1. The van der Waals surface area contributed by atoms with Gasteiger partial charge in [-0.1, -0.05) is 37.3 Å². The molecule has 1 aromatic heterocycles. The number of benzene rings is 2. The molecule has 1 unspecified atom stereocenters. The maximum atomic E-state index is 12.3. The van der Waals surface area contributed by atoms with Crippen molar-refractivity contribution < 1.29 is 14.3 Å². The average Bonchev–Trinajstić information content (AvgIpc) is 3.59. The minimum Gasteiger partial charge on any atom is -0.457 e. The van der Waals surface area contributed by atoms with Crippen LogP contribution in [0.25, 0.3) is 0 Å². The molecule has 3 aromatic rings. The van der Waals surface area contributed by atoms with Crippen LogP contribution in [0.1, 0.15) is 43.6 Å². The zero-order valence-electron chi connectivity index (χ0n) is 18.8. The van der Waals surface area contributed by atoms with E-state index in [1.165, 1.54) is 4.90 Å². The predicted molar refractivity (Wildman–Crippen MR) is 125 cm³/mol. The number of para-hydroxylation sites is 1. The summed E-state index contributed by atoms with van der Waals surface area (Å²) >= 11 is 0. The maximum Gasteiger partial charge on any atom is 0.417 e. The number of nitrogens with one attached hydrogen (secondary N) is 1. The highest BCUT2D eigenvalue weighted by atomic mass is 16.6. The monoisotopic (exact) mass is 445 g/mol. The molecule has 2 atom stereocenters. The van der Waals surface area contributed by atoms with Crippen LogP contribution in [-0.2, 0) is 4.74 Å². The van der Waals surface area contributed by atoms with Gasteiger partial charge in [0.15, 0.2) is 0 Å². The number of amides is 1. The van der Waals surface area contributed by atoms with Crippen LogP contribution >= 0.6 is 0 Å². The first-order valence-corrected chi connectivity index (χ1v) is 11.4. The standard InChI is InChI=1S/C25H27N5O3/c1-3-19-15-32-25(31)30(19)24-27-16(2)26-23(29-24)28-22(17-9-10-17)18-11-13-21(14-12-18)33-20-7-5-4-6-8-20/h4-8,11-14,17,19,22H,3,9-10,15H2,1-2H3,(H,26,27,28,29)/t19-,22?/m0/s1. The number of rotatable bonds is 8. The molecule has 1 aliphatic carbocycles. The van der Waals surface area contributed by atoms with Gasteiger partial charge in [0.05, 0.1) is 12.1 Å². The molecule has 2 aliphatic rings. The van der Waals surface area contributed by atoms with E-state index >= 15 is 0 Å². The van der Waals surface area contributed by atoms with Crippen LogP contribution in [0, 0.1) is 12.8 Å². The molecule has 0 bridgehead atoms. The average molecular weight is 446 g/mol. The van der Waals surface area contributed by atoms with Crippen molar-refractivity contribution in [2.45, 2.75) is 45.2 Å². The van der Waals surface area contributed by atoms with Gasteiger partial charge >= 0.3 is 6.09 Å². The molecule has 8 nitrogen and oxygen atoms in total. The Morgan fingerprint density at radius 2 is 1.79 bits per heavy atom. The van der Waals surface area contributed by atoms with E-state index in [9.17, 15) is 4.79 Å². The number of carbonyl (C=O) groups is 1. The third-order valence-electron chi connectivity index (χ3n) is 5.98. The molecule has 1 amide bonds. The van der Waals surface area contributed by atoms with Gasteiger partial charge in [-0.2, -0.15) is 15.0 Å². The molecule has 8 heteroatoms. The number of cyclic esters (lactones) is 1. The van der Waals surface area contributed by atoms with Crippen LogP contribution in [0.3, 0.4) is 0 Å². The van der Waals surface area contributed by atoms with Crippen molar-refractivity contribution >= 4 is 18.0 Å². The highest BCUT2D eigenvalue weighted by Gasteiger charge is 2.36. The van der Waals surface area contributed by atoms with E-state index in [1.807, 2.05) is 49.4 Å². The summed E-state index contributed by atoms with van der Waals surface area (Å²) in [7, 11) is 0. The summed E-state index contributed by atoms with van der Waals surface area (Å²) in [5.74, 6) is 3.45. The fraction of sp³-hybridized carbons (Fsp3) is 0.360. The quantitative estimate of drug-likeness (QED) is 0.505. The van der Waals surface area contributed by atoms with Crippen molar-refractivity contribution in [1.82, 2.24) is 15.0 Å². The molecule has 170 valence electrons. The Bertz CT molecular complexity index is 1120. The Hall–Kier alpha value is -3.68. The lowest BCUT2D eigenvalue weighted by molar-refractivity contribution is 0.178. The Morgan fingerprint density at radius 3 is 2.48 bits per heavy atom. The van der Waals surface area contributed by atoms with E-state index in [2.05, 4.69) is 32.4 Å². The SMILES string of the molecule is CC[C@H]1COC(=O)N1c1nc(C)nc(NC(c2ccc(Oc3ccccc3)cc2)C2CC2)n1.